The fraction of sp³-hybridized carbons (Fsp3) is 0.500. The SMILES string of the molecule is COc1cc(N2CC(CS(=O)(=O)F)CC2=O)cc(OC)c1OC. The van der Waals surface area contributed by atoms with E-state index in [2.05, 4.69) is 0 Å². The van der Waals surface area contributed by atoms with E-state index in [0.717, 1.165) is 0 Å². The molecule has 1 amide bonds. The summed E-state index contributed by atoms with van der Waals surface area (Å²) in [5.74, 6) is -0.412. The third kappa shape index (κ3) is 3.84. The van der Waals surface area contributed by atoms with Gasteiger partial charge in [-0.05, 0) is 0 Å². The van der Waals surface area contributed by atoms with Gasteiger partial charge in [-0.15, -0.1) is 3.89 Å². The second-order valence-electron chi connectivity index (χ2n) is 5.16. The van der Waals surface area contributed by atoms with Crippen molar-refractivity contribution in [3.63, 3.8) is 0 Å². The molecule has 7 nitrogen and oxygen atoms in total. The summed E-state index contributed by atoms with van der Waals surface area (Å²) in [5.41, 5.74) is 0.475. The first-order chi connectivity index (χ1) is 10.8. The van der Waals surface area contributed by atoms with Crippen molar-refractivity contribution in [2.24, 2.45) is 5.92 Å². The molecule has 1 heterocycles. The van der Waals surface area contributed by atoms with Crippen LogP contribution >= 0.6 is 0 Å². The van der Waals surface area contributed by atoms with Crippen molar-refractivity contribution in [3.05, 3.63) is 12.1 Å². The number of nitrogens with zero attached hydrogens (tertiary/aromatic N) is 1. The summed E-state index contributed by atoms with van der Waals surface area (Å²) >= 11 is 0. The average Bonchev–Trinajstić information content (AvgIpc) is 2.83. The van der Waals surface area contributed by atoms with E-state index >= 15 is 0 Å². The molecule has 9 heteroatoms. The third-order valence-electron chi connectivity index (χ3n) is 3.60. The van der Waals surface area contributed by atoms with Crippen LogP contribution < -0.4 is 19.1 Å². The van der Waals surface area contributed by atoms with Gasteiger partial charge in [0.15, 0.2) is 11.5 Å². The van der Waals surface area contributed by atoms with Crippen LogP contribution in [0.5, 0.6) is 17.2 Å². The second-order valence-corrected chi connectivity index (χ2v) is 6.57. The molecule has 1 saturated heterocycles. The molecule has 1 unspecified atom stereocenters. The Hall–Kier alpha value is -2.03. The van der Waals surface area contributed by atoms with Crippen LogP contribution in [0.2, 0.25) is 0 Å². The number of anilines is 1. The number of rotatable bonds is 6. The van der Waals surface area contributed by atoms with Gasteiger partial charge in [0.2, 0.25) is 11.7 Å². The number of carbonyl (C=O) groups is 1. The molecule has 0 spiro atoms. The molecule has 23 heavy (non-hydrogen) atoms. The number of halogens is 1. The molecule has 1 atom stereocenters. The monoisotopic (exact) mass is 347 g/mol. The highest BCUT2D eigenvalue weighted by Gasteiger charge is 2.34. The maximum atomic E-state index is 12.8. The highest BCUT2D eigenvalue weighted by molar-refractivity contribution is 7.86. The molecule has 0 saturated carbocycles. The lowest BCUT2D eigenvalue weighted by Crippen LogP contribution is -2.25. The van der Waals surface area contributed by atoms with E-state index in [4.69, 9.17) is 14.2 Å². The number of benzene rings is 1. The molecule has 0 aliphatic carbocycles. The molecular weight excluding hydrogens is 329 g/mol. The third-order valence-corrected chi connectivity index (χ3v) is 4.47. The Morgan fingerprint density at radius 3 is 2.17 bits per heavy atom. The Labute approximate surface area is 134 Å². The van der Waals surface area contributed by atoms with Crippen LogP contribution in [-0.2, 0) is 15.0 Å². The van der Waals surface area contributed by atoms with E-state index in [0.29, 0.717) is 22.9 Å². The Morgan fingerprint density at radius 2 is 1.74 bits per heavy atom. The van der Waals surface area contributed by atoms with Crippen molar-refractivity contribution >= 4 is 21.8 Å². The van der Waals surface area contributed by atoms with Crippen molar-refractivity contribution < 1.29 is 31.3 Å². The Morgan fingerprint density at radius 1 is 1.17 bits per heavy atom. The summed E-state index contributed by atoms with van der Waals surface area (Å²) in [6.07, 6.45) is -0.0280. The normalized spacial score (nSPS) is 18.2. The highest BCUT2D eigenvalue weighted by atomic mass is 32.3. The van der Waals surface area contributed by atoms with E-state index in [1.54, 1.807) is 12.1 Å². The number of carbonyl (C=O) groups excluding carboxylic acids is 1. The van der Waals surface area contributed by atoms with Gasteiger partial charge in [-0.1, -0.05) is 0 Å². The van der Waals surface area contributed by atoms with E-state index in [1.165, 1.54) is 26.2 Å². The lowest BCUT2D eigenvalue weighted by molar-refractivity contribution is -0.117. The summed E-state index contributed by atoms with van der Waals surface area (Å²) in [7, 11) is -0.260. The van der Waals surface area contributed by atoms with Crippen molar-refractivity contribution in [3.8, 4) is 17.2 Å². The molecule has 0 aromatic heterocycles. The Balaban J connectivity index is 2.33. The van der Waals surface area contributed by atoms with Gasteiger partial charge < -0.3 is 19.1 Å². The number of hydrogen-bond acceptors (Lipinski definition) is 6. The molecule has 0 bridgehead atoms. The van der Waals surface area contributed by atoms with Gasteiger partial charge in [0.05, 0.1) is 32.8 Å². The summed E-state index contributed by atoms with van der Waals surface area (Å²) in [6.45, 7) is 0.112. The average molecular weight is 347 g/mol. The number of hydrogen-bond donors (Lipinski definition) is 0. The Kier molecular flexibility index (Phi) is 4.98. The molecule has 0 N–H and O–H groups in total. The van der Waals surface area contributed by atoms with Gasteiger partial charge in [0.25, 0.3) is 0 Å². The zero-order chi connectivity index (χ0) is 17.2. The van der Waals surface area contributed by atoms with Crippen LogP contribution in [0.3, 0.4) is 0 Å². The molecule has 1 aliphatic heterocycles. The topological polar surface area (TPSA) is 82.1 Å². The maximum absolute atomic E-state index is 12.8. The molecule has 1 aliphatic rings. The van der Waals surface area contributed by atoms with Crippen LogP contribution in [-0.4, -0.2) is 48.0 Å². The minimum absolute atomic E-state index is 0.0280. The highest BCUT2D eigenvalue weighted by Crippen LogP contribution is 2.42. The van der Waals surface area contributed by atoms with Crippen LogP contribution in [0.15, 0.2) is 12.1 Å². The number of amides is 1. The minimum Gasteiger partial charge on any atom is -0.493 e. The zero-order valence-corrected chi connectivity index (χ0v) is 13.9. The second kappa shape index (κ2) is 6.61. The van der Waals surface area contributed by atoms with E-state index < -0.39 is 21.9 Å². The number of ether oxygens (including phenoxy) is 3. The molecule has 1 aromatic carbocycles. The van der Waals surface area contributed by atoms with Crippen LogP contribution in [0.25, 0.3) is 0 Å². The first kappa shape index (κ1) is 17.3. The van der Waals surface area contributed by atoms with Gasteiger partial charge in [-0.3, -0.25) is 4.79 Å². The predicted molar refractivity (Wildman–Crippen MR) is 81.5 cm³/mol. The summed E-state index contributed by atoms with van der Waals surface area (Å²) < 4.78 is 50.0. The van der Waals surface area contributed by atoms with Crippen LogP contribution in [0, 0.1) is 5.92 Å². The molecule has 1 aromatic rings. The molecule has 0 radical (unpaired) electrons. The van der Waals surface area contributed by atoms with Crippen molar-refractivity contribution in [2.75, 3.05) is 38.5 Å². The van der Waals surface area contributed by atoms with Gasteiger partial charge in [-0.25, -0.2) is 0 Å². The zero-order valence-electron chi connectivity index (χ0n) is 13.0. The number of methoxy groups -OCH3 is 3. The first-order valence-corrected chi connectivity index (χ1v) is 8.37. The summed E-state index contributed by atoms with van der Waals surface area (Å²) in [4.78, 5) is 13.5. The summed E-state index contributed by atoms with van der Waals surface area (Å²) in [6, 6.07) is 3.18. The minimum atomic E-state index is -4.62. The fourth-order valence-corrected chi connectivity index (χ4v) is 3.43. The molecule has 128 valence electrons. The largest absolute Gasteiger partial charge is 0.493 e. The van der Waals surface area contributed by atoms with Crippen LogP contribution in [0.4, 0.5) is 9.57 Å². The van der Waals surface area contributed by atoms with Gasteiger partial charge in [-0.2, -0.15) is 8.42 Å². The quantitative estimate of drug-likeness (QED) is 0.723. The maximum Gasteiger partial charge on any atom is 0.302 e. The lowest BCUT2D eigenvalue weighted by Gasteiger charge is -2.20. The van der Waals surface area contributed by atoms with Crippen molar-refractivity contribution in [1.82, 2.24) is 0 Å². The standard InChI is InChI=1S/C14H18FNO6S/c1-20-11-5-10(6-12(21-2)14(11)22-3)16-7-9(4-13(16)17)8-23(15,18)19/h5-6,9H,4,7-8H2,1-3H3. The molecular formula is C14H18FNO6S. The van der Waals surface area contributed by atoms with E-state index in [9.17, 15) is 17.1 Å². The predicted octanol–water partition coefficient (Wildman–Crippen LogP) is 1.36. The lowest BCUT2D eigenvalue weighted by atomic mass is 10.1. The van der Waals surface area contributed by atoms with Crippen molar-refractivity contribution in [2.45, 2.75) is 6.42 Å². The van der Waals surface area contributed by atoms with Gasteiger partial charge >= 0.3 is 10.2 Å². The van der Waals surface area contributed by atoms with E-state index in [1.807, 2.05) is 0 Å². The van der Waals surface area contributed by atoms with Gasteiger partial charge in [0, 0.05) is 31.0 Å². The molecule has 1 fully saturated rings. The van der Waals surface area contributed by atoms with Crippen molar-refractivity contribution in [1.29, 1.82) is 0 Å². The van der Waals surface area contributed by atoms with E-state index in [-0.39, 0.29) is 18.9 Å². The first-order valence-electron chi connectivity index (χ1n) is 6.81. The van der Waals surface area contributed by atoms with Crippen LogP contribution in [0.1, 0.15) is 6.42 Å². The van der Waals surface area contributed by atoms with Gasteiger partial charge in [0.1, 0.15) is 0 Å². The fourth-order valence-electron chi connectivity index (χ4n) is 2.65. The molecule has 2 rings (SSSR count). The smallest absolute Gasteiger partial charge is 0.302 e. The Bertz CT molecular complexity index is 680. The summed E-state index contributed by atoms with van der Waals surface area (Å²) in [5, 5.41) is 0.